The maximum Gasteiger partial charge on any atom is 0.226 e. The van der Waals surface area contributed by atoms with Gasteiger partial charge in [0.1, 0.15) is 17.0 Å². The molecule has 0 bridgehead atoms. The molecule has 6 rings (SSSR count). The molecule has 6 heterocycles. The Kier molecular flexibility index (Phi) is 5.37. The van der Waals surface area contributed by atoms with E-state index in [1.807, 2.05) is 24.3 Å². The molecule has 11 heteroatoms. The molecule has 0 aliphatic rings. The van der Waals surface area contributed by atoms with Crippen molar-refractivity contribution in [3.8, 4) is 33.9 Å². The second-order valence-electron chi connectivity index (χ2n) is 8.74. The number of halogens is 1. The molecule has 182 valence electrons. The summed E-state index contributed by atoms with van der Waals surface area (Å²) in [6, 6.07) is 9.10. The van der Waals surface area contributed by atoms with Crippen LogP contribution in [0.1, 0.15) is 13.8 Å². The summed E-state index contributed by atoms with van der Waals surface area (Å²) >= 11 is 0. The van der Waals surface area contributed by atoms with Crippen LogP contribution in [0.4, 0.5) is 10.1 Å². The van der Waals surface area contributed by atoms with E-state index in [1.54, 1.807) is 32.3 Å². The first-order chi connectivity index (χ1) is 18.0. The number of fused-ring (bicyclic) bond motifs is 2. The maximum absolute atomic E-state index is 16.0. The molecule has 3 N–H and O–H groups in total. The number of anilines is 1. The lowest BCUT2D eigenvalue weighted by Gasteiger charge is -2.09. The molecule has 0 saturated carbocycles. The summed E-state index contributed by atoms with van der Waals surface area (Å²) in [7, 11) is 0. The van der Waals surface area contributed by atoms with E-state index >= 15 is 4.39 Å². The smallest absolute Gasteiger partial charge is 0.226 e. The van der Waals surface area contributed by atoms with Crippen molar-refractivity contribution in [2.24, 2.45) is 5.92 Å². The second-order valence-corrected chi connectivity index (χ2v) is 8.74. The standard InChI is InChI=1S/C26H20FN9O/c1-13(2)26(37)32-15-9-14(10-28-11-15)17-12-31-23-19(20(17)27)22(35-36-23)25-33-21-16(6-8-30-24(21)34-25)18-5-3-4-7-29-18/h3-13H,1-2H3,(H,32,37)(H,30,33,34)(H,31,35,36). The van der Waals surface area contributed by atoms with Crippen LogP contribution < -0.4 is 5.32 Å². The molecule has 0 atom stereocenters. The average Bonchev–Trinajstić information content (AvgIpc) is 3.54. The topological polar surface area (TPSA) is 138 Å². The van der Waals surface area contributed by atoms with E-state index in [2.05, 4.69) is 40.4 Å². The van der Waals surface area contributed by atoms with E-state index in [1.165, 1.54) is 18.6 Å². The molecule has 0 aliphatic carbocycles. The molecule has 1 amide bonds. The Morgan fingerprint density at radius 3 is 2.70 bits per heavy atom. The molecule has 6 aromatic rings. The Bertz CT molecular complexity index is 1780. The van der Waals surface area contributed by atoms with Crippen LogP contribution in [0.5, 0.6) is 0 Å². The van der Waals surface area contributed by atoms with Crippen molar-refractivity contribution < 1.29 is 9.18 Å². The number of carbonyl (C=O) groups excluding carboxylic acids is 1. The molecule has 0 saturated heterocycles. The summed E-state index contributed by atoms with van der Waals surface area (Å²) in [6.45, 7) is 3.58. The Morgan fingerprint density at radius 1 is 1.00 bits per heavy atom. The molecular formula is C26H20FN9O. The largest absolute Gasteiger partial charge is 0.324 e. The van der Waals surface area contributed by atoms with Crippen LogP contribution in [0.2, 0.25) is 0 Å². The second kappa shape index (κ2) is 8.86. The van der Waals surface area contributed by atoms with Gasteiger partial charge in [0.05, 0.1) is 23.0 Å². The molecule has 0 unspecified atom stereocenters. The van der Waals surface area contributed by atoms with E-state index in [-0.39, 0.29) is 34.1 Å². The monoisotopic (exact) mass is 493 g/mol. The van der Waals surface area contributed by atoms with Gasteiger partial charge in [-0.25, -0.2) is 19.3 Å². The van der Waals surface area contributed by atoms with Crippen molar-refractivity contribution in [3.63, 3.8) is 0 Å². The lowest BCUT2D eigenvalue weighted by Crippen LogP contribution is -2.17. The summed E-state index contributed by atoms with van der Waals surface area (Å²) in [4.78, 5) is 37.2. The lowest BCUT2D eigenvalue weighted by atomic mass is 10.1. The van der Waals surface area contributed by atoms with E-state index in [0.29, 0.717) is 28.2 Å². The third-order valence-electron chi connectivity index (χ3n) is 5.92. The summed E-state index contributed by atoms with van der Waals surface area (Å²) in [6.07, 6.45) is 7.80. The Labute approximate surface area is 209 Å². The third-order valence-corrected chi connectivity index (χ3v) is 5.92. The van der Waals surface area contributed by atoms with Gasteiger partial charge in [0.2, 0.25) is 5.91 Å². The number of aromatic amines is 2. The molecule has 0 radical (unpaired) electrons. The van der Waals surface area contributed by atoms with Crippen molar-refractivity contribution in [2.45, 2.75) is 13.8 Å². The van der Waals surface area contributed by atoms with Crippen LogP contribution in [-0.2, 0) is 4.79 Å². The molecule has 0 aromatic carbocycles. The predicted octanol–water partition coefficient (Wildman–Crippen LogP) is 4.75. The fourth-order valence-corrected chi connectivity index (χ4v) is 4.02. The third kappa shape index (κ3) is 3.96. The number of rotatable bonds is 5. The number of hydrogen-bond donors (Lipinski definition) is 3. The maximum atomic E-state index is 16.0. The van der Waals surface area contributed by atoms with Gasteiger partial charge in [-0.3, -0.25) is 19.9 Å². The first-order valence-electron chi connectivity index (χ1n) is 11.5. The molecule has 0 fully saturated rings. The summed E-state index contributed by atoms with van der Waals surface area (Å²) in [5.41, 5.74) is 4.33. The summed E-state index contributed by atoms with van der Waals surface area (Å²) in [5, 5.41) is 10.0. The fourth-order valence-electron chi connectivity index (χ4n) is 4.02. The number of carbonyl (C=O) groups is 1. The summed E-state index contributed by atoms with van der Waals surface area (Å²) < 4.78 is 16.0. The van der Waals surface area contributed by atoms with Crippen molar-refractivity contribution in [2.75, 3.05) is 5.32 Å². The van der Waals surface area contributed by atoms with Gasteiger partial charge >= 0.3 is 0 Å². The number of hydrogen-bond acceptors (Lipinski definition) is 7. The van der Waals surface area contributed by atoms with Gasteiger partial charge in [0.15, 0.2) is 17.1 Å². The van der Waals surface area contributed by atoms with Gasteiger partial charge in [-0.2, -0.15) is 5.10 Å². The van der Waals surface area contributed by atoms with Crippen molar-refractivity contribution in [3.05, 3.63) is 67.1 Å². The minimum atomic E-state index is -0.541. The number of nitrogens with one attached hydrogen (secondary N) is 3. The molecule has 0 spiro atoms. The Balaban J connectivity index is 1.45. The van der Waals surface area contributed by atoms with Crippen LogP contribution in [0.3, 0.4) is 0 Å². The zero-order valence-corrected chi connectivity index (χ0v) is 19.8. The minimum absolute atomic E-state index is 0.159. The quantitative estimate of drug-likeness (QED) is 0.315. The van der Waals surface area contributed by atoms with Crippen molar-refractivity contribution >= 4 is 33.8 Å². The zero-order valence-electron chi connectivity index (χ0n) is 19.8. The number of imidazole rings is 1. The molecule has 6 aromatic heterocycles. The van der Waals surface area contributed by atoms with Crippen LogP contribution in [0, 0.1) is 11.7 Å². The van der Waals surface area contributed by atoms with Gasteiger partial charge in [0.25, 0.3) is 0 Å². The van der Waals surface area contributed by atoms with Gasteiger partial charge in [0, 0.05) is 47.4 Å². The SMILES string of the molecule is CC(C)C(=O)Nc1cncc(-c2cnc3[nH]nc(-c4nc5c(-c6ccccn6)ccnc5[nH]4)c3c2F)c1. The van der Waals surface area contributed by atoms with E-state index in [0.717, 1.165) is 11.3 Å². The highest BCUT2D eigenvalue weighted by atomic mass is 19.1. The minimum Gasteiger partial charge on any atom is -0.324 e. The summed E-state index contributed by atoms with van der Waals surface area (Å²) in [5.74, 6) is -0.565. The van der Waals surface area contributed by atoms with E-state index in [4.69, 9.17) is 4.98 Å². The predicted molar refractivity (Wildman–Crippen MR) is 137 cm³/mol. The number of aromatic nitrogens is 8. The van der Waals surface area contributed by atoms with Crippen molar-refractivity contribution in [1.82, 2.24) is 40.1 Å². The van der Waals surface area contributed by atoms with Crippen LogP contribution >= 0.6 is 0 Å². The van der Waals surface area contributed by atoms with Crippen LogP contribution in [0.15, 0.2) is 61.3 Å². The number of nitrogens with zero attached hydrogens (tertiary/aromatic N) is 6. The average molecular weight is 494 g/mol. The molecule has 0 aliphatic heterocycles. The number of H-pyrrole nitrogens is 2. The van der Waals surface area contributed by atoms with Gasteiger partial charge in [-0.1, -0.05) is 19.9 Å². The number of pyridine rings is 4. The van der Waals surface area contributed by atoms with Crippen LogP contribution in [-0.4, -0.2) is 46.0 Å². The molecular weight excluding hydrogens is 473 g/mol. The van der Waals surface area contributed by atoms with E-state index in [9.17, 15) is 4.79 Å². The normalized spacial score (nSPS) is 11.5. The van der Waals surface area contributed by atoms with Gasteiger partial charge in [-0.05, 0) is 24.3 Å². The first kappa shape index (κ1) is 22.4. The zero-order chi connectivity index (χ0) is 25.5. The van der Waals surface area contributed by atoms with Gasteiger partial charge in [-0.15, -0.1) is 0 Å². The highest BCUT2D eigenvalue weighted by molar-refractivity contribution is 5.96. The Hall–Kier alpha value is -5.06. The van der Waals surface area contributed by atoms with Crippen LogP contribution in [0.25, 0.3) is 56.1 Å². The Morgan fingerprint density at radius 2 is 1.89 bits per heavy atom. The highest BCUT2D eigenvalue weighted by Crippen LogP contribution is 2.34. The lowest BCUT2D eigenvalue weighted by molar-refractivity contribution is -0.118. The molecule has 10 nitrogen and oxygen atoms in total. The van der Waals surface area contributed by atoms with Gasteiger partial charge < -0.3 is 10.3 Å². The number of amides is 1. The highest BCUT2D eigenvalue weighted by Gasteiger charge is 2.22. The first-order valence-corrected chi connectivity index (χ1v) is 11.5. The van der Waals surface area contributed by atoms with E-state index < -0.39 is 5.82 Å². The molecule has 37 heavy (non-hydrogen) atoms. The fraction of sp³-hybridized carbons (Fsp3) is 0.115. The van der Waals surface area contributed by atoms with Crippen molar-refractivity contribution in [1.29, 1.82) is 0 Å².